The number of halogens is 1. The van der Waals surface area contributed by atoms with Gasteiger partial charge >= 0.3 is 0 Å². The Morgan fingerprint density at radius 1 is 1.34 bits per heavy atom. The average Bonchev–Trinajstić information content (AvgIpc) is 3.27. The summed E-state index contributed by atoms with van der Waals surface area (Å²) in [6.45, 7) is 4.62. The lowest BCUT2D eigenvalue weighted by molar-refractivity contribution is -0.134. The third kappa shape index (κ3) is 4.56. The standard InChI is InChI=1S/C22H24FN3O2S/c1-14-20(29-15(2)25-14)12-21(27)26-9-4-3-8-19(26)22-24-13-18(28-22)11-16-6-5-7-17(23)10-16/h5-7,10,13,19H,3-4,8-9,11-12H2,1-2H3/t19-/m1/s1. The highest BCUT2D eigenvalue weighted by molar-refractivity contribution is 7.11. The van der Waals surface area contributed by atoms with E-state index in [1.165, 1.54) is 12.1 Å². The molecule has 0 bridgehead atoms. The van der Waals surface area contributed by atoms with Crippen LogP contribution in [-0.4, -0.2) is 27.3 Å². The number of amides is 1. The van der Waals surface area contributed by atoms with Gasteiger partial charge in [-0.05, 0) is 50.8 Å². The van der Waals surface area contributed by atoms with Gasteiger partial charge in [-0.3, -0.25) is 4.79 Å². The first-order valence-electron chi connectivity index (χ1n) is 9.91. The number of piperidine rings is 1. The maximum Gasteiger partial charge on any atom is 0.228 e. The van der Waals surface area contributed by atoms with Crippen molar-refractivity contribution in [3.8, 4) is 0 Å². The zero-order chi connectivity index (χ0) is 20.4. The van der Waals surface area contributed by atoms with Crippen molar-refractivity contribution in [1.82, 2.24) is 14.9 Å². The number of thiazole rings is 1. The first-order chi connectivity index (χ1) is 14.0. The van der Waals surface area contributed by atoms with E-state index in [9.17, 15) is 9.18 Å². The summed E-state index contributed by atoms with van der Waals surface area (Å²) >= 11 is 1.58. The van der Waals surface area contributed by atoms with Gasteiger partial charge in [-0.25, -0.2) is 14.4 Å². The van der Waals surface area contributed by atoms with E-state index in [1.807, 2.05) is 24.8 Å². The van der Waals surface area contributed by atoms with Gasteiger partial charge in [0, 0.05) is 17.8 Å². The maximum atomic E-state index is 13.4. The number of aromatic nitrogens is 2. The summed E-state index contributed by atoms with van der Waals surface area (Å²) in [6, 6.07) is 6.32. The SMILES string of the molecule is Cc1nc(C)c(CC(=O)N2CCCC[C@@H]2c2ncc(Cc3cccc(F)c3)o2)s1. The van der Waals surface area contributed by atoms with E-state index in [2.05, 4.69) is 9.97 Å². The summed E-state index contributed by atoms with van der Waals surface area (Å²) in [7, 11) is 0. The molecular weight excluding hydrogens is 389 g/mol. The van der Waals surface area contributed by atoms with Crippen molar-refractivity contribution in [2.24, 2.45) is 0 Å². The van der Waals surface area contributed by atoms with Crippen molar-refractivity contribution < 1.29 is 13.6 Å². The van der Waals surface area contributed by atoms with Crippen LogP contribution in [0.4, 0.5) is 4.39 Å². The molecule has 0 unspecified atom stereocenters. The molecule has 29 heavy (non-hydrogen) atoms. The highest BCUT2D eigenvalue weighted by Gasteiger charge is 2.31. The van der Waals surface area contributed by atoms with Crippen LogP contribution in [0, 0.1) is 19.7 Å². The van der Waals surface area contributed by atoms with Crippen LogP contribution < -0.4 is 0 Å². The van der Waals surface area contributed by atoms with Crippen LogP contribution in [0.25, 0.3) is 0 Å². The van der Waals surface area contributed by atoms with Crippen molar-refractivity contribution in [3.05, 3.63) is 69.1 Å². The number of hydrogen-bond acceptors (Lipinski definition) is 5. The van der Waals surface area contributed by atoms with E-state index >= 15 is 0 Å². The summed E-state index contributed by atoms with van der Waals surface area (Å²) in [5, 5.41) is 0.982. The second kappa shape index (κ2) is 8.45. The number of aryl methyl sites for hydroxylation is 2. The number of oxazole rings is 1. The minimum absolute atomic E-state index is 0.0892. The van der Waals surface area contributed by atoms with Crippen LogP contribution in [0.3, 0.4) is 0 Å². The van der Waals surface area contributed by atoms with E-state index in [1.54, 1.807) is 23.6 Å². The number of rotatable bonds is 5. The van der Waals surface area contributed by atoms with Gasteiger partial charge in [0.05, 0.1) is 23.3 Å². The molecule has 5 nitrogen and oxygen atoms in total. The van der Waals surface area contributed by atoms with E-state index in [4.69, 9.17) is 4.42 Å². The summed E-state index contributed by atoms with van der Waals surface area (Å²) in [6.07, 6.45) is 5.39. The third-order valence-corrected chi connectivity index (χ3v) is 6.33. The van der Waals surface area contributed by atoms with Gasteiger partial charge in [0.15, 0.2) is 0 Å². The fourth-order valence-corrected chi connectivity index (χ4v) is 4.80. The van der Waals surface area contributed by atoms with E-state index in [0.29, 0.717) is 31.0 Å². The predicted octanol–water partition coefficient (Wildman–Crippen LogP) is 4.77. The molecule has 0 saturated carbocycles. The molecule has 1 fully saturated rings. The molecule has 2 aromatic heterocycles. The smallest absolute Gasteiger partial charge is 0.228 e. The molecule has 1 atom stereocenters. The summed E-state index contributed by atoms with van der Waals surface area (Å²) < 4.78 is 19.4. The number of benzene rings is 1. The number of carbonyl (C=O) groups excluding carboxylic acids is 1. The van der Waals surface area contributed by atoms with Gasteiger partial charge in [-0.15, -0.1) is 11.3 Å². The lowest BCUT2D eigenvalue weighted by Gasteiger charge is -2.33. The Morgan fingerprint density at radius 3 is 2.97 bits per heavy atom. The Hall–Kier alpha value is -2.54. The molecule has 7 heteroatoms. The molecule has 1 saturated heterocycles. The van der Waals surface area contributed by atoms with Crippen LogP contribution in [0.1, 0.15) is 58.1 Å². The van der Waals surface area contributed by atoms with Gasteiger partial charge in [0.1, 0.15) is 17.6 Å². The Balaban J connectivity index is 1.49. The molecule has 0 spiro atoms. The normalized spacial score (nSPS) is 16.9. The molecule has 0 N–H and O–H groups in total. The second-order valence-electron chi connectivity index (χ2n) is 7.49. The monoisotopic (exact) mass is 413 g/mol. The molecule has 0 aliphatic carbocycles. The van der Waals surface area contributed by atoms with Crippen molar-refractivity contribution in [3.63, 3.8) is 0 Å². The number of carbonyl (C=O) groups is 1. The lowest BCUT2D eigenvalue weighted by atomic mass is 10.0. The Kier molecular flexibility index (Phi) is 5.76. The second-order valence-corrected chi connectivity index (χ2v) is 8.78. The molecule has 3 aromatic rings. The maximum absolute atomic E-state index is 13.4. The number of hydrogen-bond donors (Lipinski definition) is 0. The van der Waals surface area contributed by atoms with Crippen molar-refractivity contribution in [2.75, 3.05) is 6.54 Å². The van der Waals surface area contributed by atoms with Gasteiger partial charge < -0.3 is 9.32 Å². The van der Waals surface area contributed by atoms with Crippen molar-refractivity contribution in [1.29, 1.82) is 0 Å². The fourth-order valence-electron chi connectivity index (χ4n) is 3.87. The first kappa shape index (κ1) is 19.8. The van der Waals surface area contributed by atoms with Crippen LogP contribution in [0.5, 0.6) is 0 Å². The third-order valence-electron chi connectivity index (χ3n) is 5.26. The molecule has 0 radical (unpaired) electrons. The summed E-state index contributed by atoms with van der Waals surface area (Å²) in [5.74, 6) is 1.07. The first-order valence-corrected chi connectivity index (χ1v) is 10.7. The highest BCUT2D eigenvalue weighted by atomic mass is 32.1. The quantitative estimate of drug-likeness (QED) is 0.604. The zero-order valence-electron chi connectivity index (χ0n) is 16.7. The zero-order valence-corrected chi connectivity index (χ0v) is 17.5. The van der Waals surface area contributed by atoms with Crippen LogP contribution in [0.15, 0.2) is 34.9 Å². The summed E-state index contributed by atoms with van der Waals surface area (Å²) in [5.41, 5.74) is 1.77. The molecular formula is C22H24FN3O2S. The topological polar surface area (TPSA) is 59.2 Å². The average molecular weight is 414 g/mol. The minimum atomic E-state index is -0.264. The largest absolute Gasteiger partial charge is 0.443 e. The highest BCUT2D eigenvalue weighted by Crippen LogP contribution is 2.32. The number of likely N-dealkylation sites (tertiary alicyclic amines) is 1. The fraction of sp³-hybridized carbons (Fsp3) is 0.409. The predicted molar refractivity (Wildman–Crippen MR) is 109 cm³/mol. The molecule has 1 aliphatic rings. The van der Waals surface area contributed by atoms with Gasteiger partial charge in [-0.1, -0.05) is 12.1 Å². The molecule has 152 valence electrons. The van der Waals surface area contributed by atoms with Crippen molar-refractivity contribution >= 4 is 17.2 Å². The van der Waals surface area contributed by atoms with E-state index < -0.39 is 0 Å². The van der Waals surface area contributed by atoms with Gasteiger partial charge in [0.25, 0.3) is 0 Å². The van der Waals surface area contributed by atoms with E-state index in [-0.39, 0.29) is 17.8 Å². The number of nitrogens with zero attached hydrogens (tertiary/aromatic N) is 3. The van der Waals surface area contributed by atoms with Crippen LogP contribution in [-0.2, 0) is 17.6 Å². The Morgan fingerprint density at radius 2 is 2.21 bits per heavy atom. The molecule has 1 aromatic carbocycles. The van der Waals surface area contributed by atoms with Crippen molar-refractivity contribution in [2.45, 2.75) is 52.0 Å². The van der Waals surface area contributed by atoms with Gasteiger partial charge in [0.2, 0.25) is 11.8 Å². The molecule has 4 rings (SSSR count). The van der Waals surface area contributed by atoms with E-state index in [0.717, 1.165) is 40.4 Å². The van der Waals surface area contributed by atoms with Crippen LogP contribution in [0.2, 0.25) is 0 Å². The Labute approximate surface area is 173 Å². The van der Waals surface area contributed by atoms with Gasteiger partial charge in [-0.2, -0.15) is 0 Å². The molecule has 3 heterocycles. The Bertz CT molecular complexity index is 1010. The lowest BCUT2D eigenvalue weighted by Crippen LogP contribution is -2.39. The minimum Gasteiger partial charge on any atom is -0.443 e. The molecule has 1 amide bonds. The molecule has 1 aliphatic heterocycles. The van der Waals surface area contributed by atoms with Crippen LogP contribution >= 0.6 is 11.3 Å². The summed E-state index contributed by atoms with van der Waals surface area (Å²) in [4.78, 5) is 24.8.